The Balaban J connectivity index is 1.89. The molecule has 0 unspecified atom stereocenters. The van der Waals surface area contributed by atoms with Gasteiger partial charge in [0, 0.05) is 12.0 Å². The van der Waals surface area contributed by atoms with E-state index >= 15 is 0 Å². The molecule has 0 spiro atoms. The van der Waals surface area contributed by atoms with Crippen molar-refractivity contribution in [2.24, 2.45) is 5.92 Å². The van der Waals surface area contributed by atoms with Gasteiger partial charge in [0.2, 0.25) is 0 Å². The number of rotatable bonds is 5. The Bertz CT molecular complexity index is 340. The summed E-state index contributed by atoms with van der Waals surface area (Å²) in [5, 5.41) is 3.90. The van der Waals surface area contributed by atoms with E-state index in [9.17, 15) is 0 Å². The third-order valence-electron chi connectivity index (χ3n) is 3.90. The molecule has 17 heavy (non-hydrogen) atoms. The highest BCUT2D eigenvalue weighted by Crippen LogP contribution is 2.29. The Labute approximate surface area is 104 Å². The van der Waals surface area contributed by atoms with Crippen LogP contribution < -0.4 is 5.73 Å². The fourth-order valence-corrected chi connectivity index (χ4v) is 2.88. The van der Waals surface area contributed by atoms with Gasteiger partial charge in [-0.15, -0.1) is 0 Å². The minimum Gasteiger partial charge on any atom is -0.381 e. The van der Waals surface area contributed by atoms with E-state index in [-0.39, 0.29) is 0 Å². The van der Waals surface area contributed by atoms with E-state index in [0.29, 0.717) is 5.82 Å². The molecular formula is C14H24N2O. The van der Waals surface area contributed by atoms with Gasteiger partial charge in [-0.25, -0.2) is 0 Å². The lowest BCUT2D eigenvalue weighted by Crippen LogP contribution is -2.07. The highest BCUT2D eigenvalue weighted by atomic mass is 16.5. The summed E-state index contributed by atoms with van der Waals surface area (Å²) >= 11 is 0. The van der Waals surface area contributed by atoms with E-state index in [2.05, 4.69) is 12.1 Å². The van der Waals surface area contributed by atoms with Gasteiger partial charge in [0.25, 0.3) is 0 Å². The van der Waals surface area contributed by atoms with E-state index in [0.717, 1.165) is 36.5 Å². The molecule has 1 heterocycles. The number of aromatic nitrogens is 1. The Kier molecular flexibility index (Phi) is 4.46. The molecule has 1 aromatic rings. The maximum absolute atomic E-state index is 5.83. The summed E-state index contributed by atoms with van der Waals surface area (Å²) in [5.74, 6) is 2.53. The third kappa shape index (κ3) is 3.24. The summed E-state index contributed by atoms with van der Waals surface area (Å²) in [5.41, 5.74) is 6.99. The molecule has 1 fully saturated rings. The van der Waals surface area contributed by atoms with Crippen molar-refractivity contribution in [1.82, 2.24) is 5.16 Å². The number of nitrogen functional groups attached to an aromatic ring is 1. The molecule has 1 saturated carbocycles. The molecule has 0 aromatic carbocycles. The minimum atomic E-state index is 0.602. The highest BCUT2D eigenvalue weighted by molar-refractivity contribution is 5.40. The molecule has 0 aliphatic heterocycles. The van der Waals surface area contributed by atoms with E-state index in [1.165, 1.54) is 38.5 Å². The van der Waals surface area contributed by atoms with Crippen LogP contribution >= 0.6 is 0 Å². The highest BCUT2D eigenvalue weighted by Gasteiger charge is 2.17. The van der Waals surface area contributed by atoms with Crippen LogP contribution in [0.4, 0.5) is 5.82 Å². The van der Waals surface area contributed by atoms with Crippen molar-refractivity contribution >= 4 is 5.82 Å². The normalized spacial score (nSPS) is 17.5. The second-order valence-corrected chi connectivity index (χ2v) is 5.26. The van der Waals surface area contributed by atoms with Crippen LogP contribution in [0.15, 0.2) is 4.52 Å². The minimum absolute atomic E-state index is 0.602. The van der Waals surface area contributed by atoms with Crippen LogP contribution in [0.2, 0.25) is 0 Å². The van der Waals surface area contributed by atoms with E-state index < -0.39 is 0 Å². The van der Waals surface area contributed by atoms with Crippen molar-refractivity contribution in [3.05, 3.63) is 11.3 Å². The van der Waals surface area contributed by atoms with Gasteiger partial charge in [-0.3, -0.25) is 0 Å². The van der Waals surface area contributed by atoms with Gasteiger partial charge in [-0.2, -0.15) is 0 Å². The molecule has 2 N–H and O–H groups in total. The summed E-state index contributed by atoms with van der Waals surface area (Å²) in [6.07, 6.45) is 11.4. The predicted octanol–water partition coefficient (Wildman–Crippen LogP) is 3.72. The molecule has 96 valence electrons. The summed E-state index contributed by atoms with van der Waals surface area (Å²) in [4.78, 5) is 0. The first kappa shape index (κ1) is 12.5. The fourth-order valence-electron chi connectivity index (χ4n) is 2.88. The molecule has 0 amide bonds. The SMILES string of the molecule is CCCc1c(N)noc1CCC1CCCCC1. The molecule has 0 radical (unpaired) electrons. The van der Waals surface area contributed by atoms with Gasteiger partial charge in [-0.05, 0) is 18.8 Å². The lowest BCUT2D eigenvalue weighted by atomic mass is 9.85. The summed E-state index contributed by atoms with van der Waals surface area (Å²) < 4.78 is 5.36. The molecular weight excluding hydrogens is 212 g/mol. The summed E-state index contributed by atoms with van der Waals surface area (Å²) in [6.45, 7) is 2.16. The number of anilines is 1. The Morgan fingerprint density at radius 3 is 2.71 bits per heavy atom. The van der Waals surface area contributed by atoms with Gasteiger partial charge < -0.3 is 10.3 Å². The summed E-state index contributed by atoms with van der Waals surface area (Å²) in [6, 6.07) is 0. The molecule has 1 aromatic heterocycles. The van der Waals surface area contributed by atoms with Crippen molar-refractivity contribution in [2.45, 2.75) is 64.7 Å². The first-order chi connectivity index (χ1) is 8.31. The van der Waals surface area contributed by atoms with Crippen molar-refractivity contribution in [1.29, 1.82) is 0 Å². The number of hydrogen-bond acceptors (Lipinski definition) is 3. The van der Waals surface area contributed by atoms with Crippen LogP contribution in [0.1, 0.15) is 63.2 Å². The molecule has 0 bridgehead atoms. The molecule has 0 atom stereocenters. The maximum atomic E-state index is 5.83. The van der Waals surface area contributed by atoms with Crippen LogP contribution in [-0.4, -0.2) is 5.16 Å². The number of nitrogens with zero attached hydrogens (tertiary/aromatic N) is 1. The van der Waals surface area contributed by atoms with Gasteiger partial charge in [0.1, 0.15) is 5.76 Å². The molecule has 1 aliphatic rings. The zero-order chi connectivity index (χ0) is 12.1. The predicted molar refractivity (Wildman–Crippen MR) is 69.8 cm³/mol. The fraction of sp³-hybridized carbons (Fsp3) is 0.786. The van der Waals surface area contributed by atoms with Crippen LogP contribution in [-0.2, 0) is 12.8 Å². The van der Waals surface area contributed by atoms with Gasteiger partial charge in [-0.1, -0.05) is 50.6 Å². The second kappa shape index (κ2) is 6.08. The molecule has 2 rings (SSSR count). The van der Waals surface area contributed by atoms with Crippen molar-refractivity contribution in [2.75, 3.05) is 5.73 Å². The monoisotopic (exact) mass is 236 g/mol. The van der Waals surface area contributed by atoms with Crippen LogP contribution in [0.3, 0.4) is 0 Å². The van der Waals surface area contributed by atoms with E-state index in [1.54, 1.807) is 0 Å². The Morgan fingerprint density at radius 2 is 2.00 bits per heavy atom. The van der Waals surface area contributed by atoms with E-state index in [1.807, 2.05) is 0 Å². The number of aryl methyl sites for hydroxylation is 1. The second-order valence-electron chi connectivity index (χ2n) is 5.26. The van der Waals surface area contributed by atoms with Crippen LogP contribution in [0, 0.1) is 5.92 Å². The molecule has 3 heteroatoms. The zero-order valence-corrected chi connectivity index (χ0v) is 10.9. The first-order valence-electron chi connectivity index (χ1n) is 7.04. The lowest BCUT2D eigenvalue weighted by molar-refractivity contribution is 0.317. The topological polar surface area (TPSA) is 52.0 Å². The smallest absolute Gasteiger partial charge is 0.170 e. The standard InChI is InChI=1S/C14H24N2O/c1-2-6-12-13(17-16-14(12)15)10-9-11-7-4-3-5-8-11/h11H,2-10H2,1H3,(H2,15,16). The van der Waals surface area contributed by atoms with Crippen LogP contribution in [0.25, 0.3) is 0 Å². The molecule has 3 nitrogen and oxygen atoms in total. The van der Waals surface area contributed by atoms with Gasteiger partial charge in [0.05, 0.1) is 0 Å². The zero-order valence-electron chi connectivity index (χ0n) is 10.9. The average Bonchev–Trinajstić information content (AvgIpc) is 2.70. The quantitative estimate of drug-likeness (QED) is 0.847. The maximum Gasteiger partial charge on any atom is 0.170 e. The van der Waals surface area contributed by atoms with Crippen molar-refractivity contribution in [3.63, 3.8) is 0 Å². The van der Waals surface area contributed by atoms with Crippen molar-refractivity contribution < 1.29 is 4.52 Å². The Hall–Kier alpha value is -0.990. The lowest BCUT2D eigenvalue weighted by Gasteiger charge is -2.20. The Morgan fingerprint density at radius 1 is 1.24 bits per heavy atom. The summed E-state index contributed by atoms with van der Waals surface area (Å²) in [7, 11) is 0. The van der Waals surface area contributed by atoms with Gasteiger partial charge in [0.15, 0.2) is 5.82 Å². The molecule has 0 saturated heterocycles. The third-order valence-corrected chi connectivity index (χ3v) is 3.90. The molecule has 1 aliphatic carbocycles. The first-order valence-corrected chi connectivity index (χ1v) is 7.04. The number of hydrogen-bond donors (Lipinski definition) is 1. The van der Waals surface area contributed by atoms with Crippen LogP contribution in [0.5, 0.6) is 0 Å². The van der Waals surface area contributed by atoms with E-state index in [4.69, 9.17) is 10.3 Å². The largest absolute Gasteiger partial charge is 0.381 e. The number of nitrogens with two attached hydrogens (primary N) is 1. The van der Waals surface area contributed by atoms with Gasteiger partial charge >= 0.3 is 0 Å². The van der Waals surface area contributed by atoms with Crippen molar-refractivity contribution in [3.8, 4) is 0 Å². The average molecular weight is 236 g/mol.